The Balaban J connectivity index is 3.05. The Morgan fingerprint density at radius 2 is 2.18 bits per heavy atom. The van der Waals surface area contributed by atoms with E-state index in [0.29, 0.717) is 19.0 Å². The van der Waals surface area contributed by atoms with Gasteiger partial charge < -0.3 is 5.73 Å². The van der Waals surface area contributed by atoms with E-state index in [9.17, 15) is 8.42 Å². The molecule has 17 heavy (non-hydrogen) atoms. The Morgan fingerprint density at radius 1 is 1.53 bits per heavy atom. The lowest BCUT2D eigenvalue weighted by atomic mass is 9.76. The zero-order valence-electron chi connectivity index (χ0n) is 11.1. The lowest BCUT2D eigenvalue weighted by molar-refractivity contribution is 0.112. The molecule has 1 fully saturated rings. The van der Waals surface area contributed by atoms with Crippen molar-refractivity contribution in [2.45, 2.75) is 45.1 Å². The number of nitrogens with one attached hydrogen (secondary N) is 1. The van der Waals surface area contributed by atoms with Crippen LogP contribution in [0, 0.1) is 5.92 Å². The van der Waals surface area contributed by atoms with Gasteiger partial charge in [0, 0.05) is 25.7 Å². The molecule has 0 heterocycles. The zero-order valence-corrected chi connectivity index (χ0v) is 11.9. The lowest BCUT2D eigenvalue weighted by Gasteiger charge is -2.46. The average Bonchev–Trinajstić information content (AvgIpc) is 2.29. The van der Waals surface area contributed by atoms with E-state index in [-0.39, 0.29) is 0 Å². The Morgan fingerprint density at radius 3 is 2.59 bits per heavy atom. The molecule has 1 saturated carbocycles. The van der Waals surface area contributed by atoms with Crippen LogP contribution in [0.2, 0.25) is 0 Å². The largest absolute Gasteiger partial charge is 0.329 e. The van der Waals surface area contributed by atoms with Crippen molar-refractivity contribution in [1.29, 1.82) is 0 Å². The van der Waals surface area contributed by atoms with Crippen LogP contribution in [0.25, 0.3) is 0 Å². The van der Waals surface area contributed by atoms with E-state index < -0.39 is 15.7 Å². The second-order valence-corrected chi connectivity index (χ2v) is 6.80. The molecular weight excluding hydrogens is 238 g/mol. The van der Waals surface area contributed by atoms with Gasteiger partial charge in [0.2, 0.25) is 0 Å². The molecule has 1 aliphatic rings. The van der Waals surface area contributed by atoms with Crippen LogP contribution in [0.5, 0.6) is 0 Å². The van der Waals surface area contributed by atoms with E-state index in [0.717, 1.165) is 19.3 Å². The van der Waals surface area contributed by atoms with Crippen molar-refractivity contribution in [2.75, 3.05) is 20.1 Å². The summed E-state index contributed by atoms with van der Waals surface area (Å²) < 4.78 is 28.1. The van der Waals surface area contributed by atoms with E-state index in [1.807, 2.05) is 6.92 Å². The molecule has 0 radical (unpaired) electrons. The number of hydrogen-bond donors (Lipinski definition) is 2. The third kappa shape index (κ3) is 2.99. The summed E-state index contributed by atoms with van der Waals surface area (Å²) in [5.41, 5.74) is 5.50. The van der Waals surface area contributed by atoms with Gasteiger partial charge in [-0.25, -0.2) is 4.72 Å². The van der Waals surface area contributed by atoms with Crippen molar-refractivity contribution < 1.29 is 8.42 Å². The average molecular weight is 263 g/mol. The fourth-order valence-corrected chi connectivity index (χ4v) is 4.33. The Hall–Kier alpha value is -0.170. The maximum absolute atomic E-state index is 12.1. The summed E-state index contributed by atoms with van der Waals surface area (Å²) in [6.45, 7) is 4.90. The van der Waals surface area contributed by atoms with Gasteiger partial charge in [0.25, 0.3) is 10.2 Å². The minimum absolute atomic E-state index is 0.395. The monoisotopic (exact) mass is 263 g/mol. The molecular formula is C11H25N3O2S. The molecule has 1 aliphatic carbocycles. The number of hydrogen-bond acceptors (Lipinski definition) is 3. The Bertz CT molecular complexity index is 345. The summed E-state index contributed by atoms with van der Waals surface area (Å²) in [5.74, 6) is 0.536. The minimum atomic E-state index is -3.40. The van der Waals surface area contributed by atoms with Crippen LogP contribution in [-0.2, 0) is 10.2 Å². The molecule has 0 aromatic carbocycles. The molecule has 0 saturated heterocycles. The highest BCUT2D eigenvalue weighted by Crippen LogP contribution is 2.37. The van der Waals surface area contributed by atoms with Gasteiger partial charge in [-0.05, 0) is 18.8 Å². The van der Waals surface area contributed by atoms with Gasteiger partial charge in [-0.1, -0.05) is 26.7 Å². The van der Waals surface area contributed by atoms with Gasteiger partial charge in [0.05, 0.1) is 0 Å². The van der Waals surface area contributed by atoms with Crippen molar-refractivity contribution in [2.24, 2.45) is 11.7 Å². The maximum Gasteiger partial charge on any atom is 0.279 e. The standard InChI is InChI=1S/C11H25N3O2S/c1-4-14(17(15,16)13-3)11(9-12)7-5-6-10(2)8-11/h10,13H,4-9,12H2,1-3H3. The zero-order chi connectivity index (χ0) is 13.1. The van der Waals surface area contributed by atoms with Gasteiger partial charge in [-0.2, -0.15) is 12.7 Å². The molecule has 1 rings (SSSR count). The number of rotatable bonds is 5. The molecule has 2 atom stereocenters. The number of likely N-dealkylation sites (N-methyl/N-ethyl adjacent to an activating group) is 1. The first-order valence-electron chi connectivity index (χ1n) is 6.33. The predicted molar refractivity (Wildman–Crippen MR) is 69.8 cm³/mol. The first-order valence-corrected chi connectivity index (χ1v) is 7.77. The summed E-state index contributed by atoms with van der Waals surface area (Å²) in [6.07, 6.45) is 3.94. The fraction of sp³-hybridized carbons (Fsp3) is 1.00. The first-order chi connectivity index (χ1) is 7.91. The van der Waals surface area contributed by atoms with Gasteiger partial charge in [-0.15, -0.1) is 0 Å². The van der Waals surface area contributed by atoms with Crippen LogP contribution < -0.4 is 10.5 Å². The summed E-state index contributed by atoms with van der Waals surface area (Å²) in [6, 6.07) is 0. The number of nitrogens with two attached hydrogens (primary N) is 1. The molecule has 0 aromatic heterocycles. The summed E-state index contributed by atoms with van der Waals surface area (Å²) in [4.78, 5) is 0. The van der Waals surface area contributed by atoms with Crippen LogP contribution in [0.3, 0.4) is 0 Å². The molecule has 0 bridgehead atoms. The topological polar surface area (TPSA) is 75.4 Å². The second kappa shape index (κ2) is 5.65. The van der Waals surface area contributed by atoms with Crippen LogP contribution in [0.15, 0.2) is 0 Å². The highest BCUT2D eigenvalue weighted by atomic mass is 32.2. The van der Waals surface area contributed by atoms with Crippen LogP contribution in [0.4, 0.5) is 0 Å². The predicted octanol–water partition coefficient (Wildman–Crippen LogP) is 0.680. The maximum atomic E-state index is 12.1. The molecule has 2 unspecified atom stereocenters. The van der Waals surface area contributed by atoms with Gasteiger partial charge in [0.15, 0.2) is 0 Å². The van der Waals surface area contributed by atoms with E-state index >= 15 is 0 Å². The molecule has 102 valence electrons. The van der Waals surface area contributed by atoms with Crippen molar-refractivity contribution >= 4 is 10.2 Å². The third-order valence-electron chi connectivity index (χ3n) is 3.81. The van der Waals surface area contributed by atoms with Crippen molar-refractivity contribution in [3.8, 4) is 0 Å². The highest BCUT2D eigenvalue weighted by Gasteiger charge is 2.43. The summed E-state index contributed by atoms with van der Waals surface area (Å²) in [5, 5.41) is 0. The van der Waals surface area contributed by atoms with E-state index in [1.165, 1.54) is 13.5 Å². The SMILES string of the molecule is CCN(C1(CN)CCCC(C)C1)S(=O)(=O)NC. The number of nitrogens with zero attached hydrogens (tertiary/aromatic N) is 1. The van der Waals surface area contributed by atoms with Crippen LogP contribution in [-0.4, -0.2) is 38.4 Å². The van der Waals surface area contributed by atoms with Crippen molar-refractivity contribution in [3.63, 3.8) is 0 Å². The van der Waals surface area contributed by atoms with Gasteiger partial charge in [0.1, 0.15) is 0 Å². The molecule has 0 aromatic rings. The highest BCUT2D eigenvalue weighted by molar-refractivity contribution is 7.87. The minimum Gasteiger partial charge on any atom is -0.329 e. The Kier molecular flexibility index (Phi) is 4.95. The quantitative estimate of drug-likeness (QED) is 0.766. The second-order valence-electron chi connectivity index (χ2n) is 5.00. The normalized spacial score (nSPS) is 30.8. The molecule has 0 aliphatic heterocycles. The van der Waals surface area contributed by atoms with Crippen LogP contribution >= 0.6 is 0 Å². The Labute approximate surface area is 105 Å². The summed E-state index contributed by atoms with van der Waals surface area (Å²) >= 11 is 0. The fourth-order valence-electron chi connectivity index (χ4n) is 3.02. The molecule has 3 N–H and O–H groups in total. The smallest absolute Gasteiger partial charge is 0.279 e. The van der Waals surface area contributed by atoms with E-state index in [2.05, 4.69) is 11.6 Å². The molecule has 6 heteroatoms. The first kappa shape index (κ1) is 14.9. The lowest BCUT2D eigenvalue weighted by Crippen LogP contribution is -2.60. The molecule has 0 amide bonds. The van der Waals surface area contributed by atoms with E-state index in [1.54, 1.807) is 4.31 Å². The van der Waals surface area contributed by atoms with Gasteiger partial charge >= 0.3 is 0 Å². The summed E-state index contributed by atoms with van der Waals surface area (Å²) in [7, 11) is -1.95. The van der Waals surface area contributed by atoms with Crippen molar-refractivity contribution in [3.05, 3.63) is 0 Å². The molecule has 0 spiro atoms. The molecule has 5 nitrogen and oxygen atoms in total. The van der Waals surface area contributed by atoms with Crippen LogP contribution in [0.1, 0.15) is 39.5 Å². The van der Waals surface area contributed by atoms with E-state index in [4.69, 9.17) is 5.73 Å². The van der Waals surface area contributed by atoms with Crippen molar-refractivity contribution in [1.82, 2.24) is 9.03 Å². The van der Waals surface area contributed by atoms with Gasteiger partial charge in [-0.3, -0.25) is 0 Å². The third-order valence-corrected chi connectivity index (χ3v) is 5.55.